The third-order valence-corrected chi connectivity index (χ3v) is 3.33. The van der Waals surface area contributed by atoms with E-state index >= 15 is 0 Å². The Morgan fingerprint density at radius 2 is 1.85 bits per heavy atom. The number of carboxylic acid groups (broad SMARTS) is 1. The van der Waals surface area contributed by atoms with Gasteiger partial charge in [0.25, 0.3) is 0 Å². The fraction of sp³-hybridized carbons (Fsp3) is 0.438. The first kappa shape index (κ1) is 14.6. The molecule has 20 heavy (non-hydrogen) atoms. The second-order valence-corrected chi connectivity index (χ2v) is 4.98. The molecule has 0 aliphatic rings. The quantitative estimate of drug-likeness (QED) is 0.836. The Morgan fingerprint density at radius 1 is 1.20 bits per heavy atom. The van der Waals surface area contributed by atoms with E-state index in [4.69, 9.17) is 4.42 Å². The number of nitrogens with zero attached hydrogens (tertiary/aromatic N) is 1. The molecule has 108 valence electrons. The van der Waals surface area contributed by atoms with Crippen LogP contribution in [-0.4, -0.2) is 29.1 Å². The van der Waals surface area contributed by atoms with E-state index in [1.807, 2.05) is 18.2 Å². The van der Waals surface area contributed by atoms with Gasteiger partial charge in [0, 0.05) is 5.39 Å². The van der Waals surface area contributed by atoms with E-state index in [0.29, 0.717) is 28.8 Å². The highest BCUT2D eigenvalue weighted by atomic mass is 16.4. The molecule has 0 saturated heterocycles. The number of aromatic carboxylic acids is 1. The molecule has 0 bridgehead atoms. The van der Waals surface area contributed by atoms with Crippen LogP contribution >= 0.6 is 0 Å². The number of carboxylic acids is 1. The molecule has 0 radical (unpaired) electrons. The fourth-order valence-corrected chi connectivity index (χ4v) is 2.55. The molecule has 1 N–H and O–H groups in total. The lowest BCUT2D eigenvalue weighted by Crippen LogP contribution is -2.25. The van der Waals surface area contributed by atoms with E-state index in [-0.39, 0.29) is 0 Å². The van der Waals surface area contributed by atoms with Crippen LogP contribution in [0.3, 0.4) is 0 Å². The highest BCUT2D eigenvalue weighted by Crippen LogP contribution is 2.27. The van der Waals surface area contributed by atoms with Crippen LogP contribution in [0.1, 0.15) is 42.8 Å². The van der Waals surface area contributed by atoms with E-state index in [9.17, 15) is 9.90 Å². The molecule has 2 rings (SSSR count). The molecule has 0 spiro atoms. The number of carbonyl (C=O) groups is 1. The molecule has 0 aliphatic heterocycles. The Morgan fingerprint density at radius 3 is 2.45 bits per heavy atom. The zero-order chi connectivity index (χ0) is 14.5. The summed E-state index contributed by atoms with van der Waals surface area (Å²) in [7, 11) is 0. The van der Waals surface area contributed by atoms with Crippen molar-refractivity contribution >= 4 is 16.9 Å². The van der Waals surface area contributed by atoms with Gasteiger partial charge < -0.3 is 9.52 Å². The van der Waals surface area contributed by atoms with Gasteiger partial charge in [0.1, 0.15) is 16.9 Å². The van der Waals surface area contributed by atoms with Crippen LogP contribution in [0, 0.1) is 0 Å². The van der Waals surface area contributed by atoms with Crippen molar-refractivity contribution in [3.63, 3.8) is 0 Å². The van der Waals surface area contributed by atoms with Crippen LogP contribution in [0.4, 0.5) is 0 Å². The number of fused-ring (bicyclic) bond motifs is 1. The lowest BCUT2D eigenvalue weighted by atomic mass is 10.1. The van der Waals surface area contributed by atoms with E-state index in [0.717, 1.165) is 25.9 Å². The van der Waals surface area contributed by atoms with E-state index in [1.165, 1.54) is 0 Å². The smallest absolute Gasteiger partial charge is 0.339 e. The van der Waals surface area contributed by atoms with Crippen LogP contribution in [0.5, 0.6) is 0 Å². The highest BCUT2D eigenvalue weighted by Gasteiger charge is 2.21. The van der Waals surface area contributed by atoms with Gasteiger partial charge in [-0.2, -0.15) is 0 Å². The summed E-state index contributed by atoms with van der Waals surface area (Å²) in [4.78, 5) is 13.8. The number of para-hydroxylation sites is 1. The van der Waals surface area contributed by atoms with Crippen molar-refractivity contribution in [1.29, 1.82) is 0 Å². The van der Waals surface area contributed by atoms with Crippen molar-refractivity contribution in [3.05, 3.63) is 35.6 Å². The van der Waals surface area contributed by atoms with Crippen LogP contribution in [0.25, 0.3) is 11.0 Å². The Bertz CT molecular complexity index is 582. The molecule has 0 aliphatic carbocycles. The average Bonchev–Trinajstić information content (AvgIpc) is 2.77. The van der Waals surface area contributed by atoms with Crippen molar-refractivity contribution in [2.24, 2.45) is 0 Å². The molecule has 4 heteroatoms. The number of rotatable bonds is 7. The summed E-state index contributed by atoms with van der Waals surface area (Å²) >= 11 is 0. The summed E-state index contributed by atoms with van der Waals surface area (Å²) in [6.07, 6.45) is 2.09. The molecule has 4 nitrogen and oxygen atoms in total. The zero-order valence-corrected chi connectivity index (χ0v) is 12.1. The molecular formula is C16H21NO3. The molecule has 0 fully saturated rings. The number of furan rings is 1. The monoisotopic (exact) mass is 275 g/mol. The second-order valence-electron chi connectivity index (χ2n) is 4.98. The summed E-state index contributed by atoms with van der Waals surface area (Å²) in [5, 5.41) is 10.1. The minimum atomic E-state index is -0.919. The summed E-state index contributed by atoms with van der Waals surface area (Å²) in [5.41, 5.74) is 0.950. The molecule has 0 amide bonds. The van der Waals surface area contributed by atoms with Gasteiger partial charge in [-0.05, 0) is 32.0 Å². The first-order valence-electron chi connectivity index (χ1n) is 7.13. The second kappa shape index (κ2) is 6.57. The maximum Gasteiger partial charge on any atom is 0.339 e. The fourth-order valence-electron chi connectivity index (χ4n) is 2.55. The Balaban J connectivity index is 2.37. The number of hydrogen-bond acceptors (Lipinski definition) is 3. The van der Waals surface area contributed by atoms with Gasteiger partial charge in [-0.25, -0.2) is 4.79 Å². The summed E-state index contributed by atoms with van der Waals surface area (Å²) in [5.74, 6) is -0.363. The Kier molecular flexibility index (Phi) is 4.79. The Labute approximate surface area is 119 Å². The maximum atomic E-state index is 11.5. The minimum Gasteiger partial charge on any atom is -0.478 e. The lowest BCUT2D eigenvalue weighted by molar-refractivity contribution is 0.0694. The largest absolute Gasteiger partial charge is 0.478 e. The van der Waals surface area contributed by atoms with Crippen LogP contribution in [-0.2, 0) is 6.54 Å². The number of benzene rings is 1. The molecule has 2 aromatic rings. The predicted octanol–water partition coefficient (Wildman–Crippen LogP) is 3.75. The average molecular weight is 275 g/mol. The summed E-state index contributed by atoms with van der Waals surface area (Å²) in [6.45, 7) is 6.70. The molecular weight excluding hydrogens is 254 g/mol. The van der Waals surface area contributed by atoms with Crippen LogP contribution in [0.2, 0.25) is 0 Å². The van der Waals surface area contributed by atoms with Gasteiger partial charge in [0.2, 0.25) is 0 Å². The lowest BCUT2D eigenvalue weighted by Gasteiger charge is -2.19. The summed E-state index contributed by atoms with van der Waals surface area (Å²) < 4.78 is 5.76. The van der Waals surface area contributed by atoms with E-state index < -0.39 is 5.97 Å². The third-order valence-electron chi connectivity index (χ3n) is 3.33. The molecule has 0 atom stereocenters. The van der Waals surface area contributed by atoms with Gasteiger partial charge in [-0.3, -0.25) is 4.90 Å². The molecule has 0 unspecified atom stereocenters. The van der Waals surface area contributed by atoms with Gasteiger partial charge in [0.05, 0.1) is 6.54 Å². The van der Waals surface area contributed by atoms with E-state index in [2.05, 4.69) is 18.7 Å². The van der Waals surface area contributed by atoms with Crippen LogP contribution in [0.15, 0.2) is 28.7 Å². The zero-order valence-electron chi connectivity index (χ0n) is 12.1. The summed E-state index contributed by atoms with van der Waals surface area (Å²) in [6, 6.07) is 7.31. The minimum absolute atomic E-state index is 0.304. The SMILES string of the molecule is CCCN(CCC)Cc1oc2ccccc2c1C(=O)O. The molecule has 0 saturated carbocycles. The van der Waals surface area contributed by atoms with Crippen molar-refractivity contribution in [3.8, 4) is 0 Å². The third kappa shape index (κ3) is 3.02. The van der Waals surface area contributed by atoms with Crippen molar-refractivity contribution in [2.75, 3.05) is 13.1 Å². The first-order chi connectivity index (χ1) is 9.67. The first-order valence-corrected chi connectivity index (χ1v) is 7.13. The molecule has 1 aromatic carbocycles. The normalized spacial score (nSPS) is 11.3. The maximum absolute atomic E-state index is 11.5. The van der Waals surface area contributed by atoms with Gasteiger partial charge in [0.15, 0.2) is 0 Å². The highest BCUT2D eigenvalue weighted by molar-refractivity contribution is 6.03. The molecule has 1 aromatic heterocycles. The van der Waals surface area contributed by atoms with Crippen LogP contribution < -0.4 is 0 Å². The molecule has 1 heterocycles. The van der Waals surface area contributed by atoms with Crippen molar-refractivity contribution < 1.29 is 14.3 Å². The van der Waals surface area contributed by atoms with Crippen molar-refractivity contribution in [2.45, 2.75) is 33.2 Å². The van der Waals surface area contributed by atoms with E-state index in [1.54, 1.807) is 6.07 Å². The van der Waals surface area contributed by atoms with Crippen molar-refractivity contribution in [1.82, 2.24) is 4.90 Å². The van der Waals surface area contributed by atoms with Gasteiger partial charge in [-0.1, -0.05) is 32.0 Å². The van der Waals surface area contributed by atoms with Gasteiger partial charge in [-0.15, -0.1) is 0 Å². The number of hydrogen-bond donors (Lipinski definition) is 1. The Hall–Kier alpha value is -1.81. The predicted molar refractivity (Wildman–Crippen MR) is 79.0 cm³/mol. The standard InChI is InChI=1S/C16H21NO3/c1-3-9-17(10-4-2)11-14-15(16(18)19)12-7-5-6-8-13(12)20-14/h5-8H,3-4,9-11H2,1-2H3,(H,18,19). The van der Waals surface area contributed by atoms with Gasteiger partial charge >= 0.3 is 5.97 Å². The topological polar surface area (TPSA) is 53.7 Å².